The van der Waals surface area contributed by atoms with E-state index in [4.69, 9.17) is 14.8 Å². The molecule has 0 aliphatic rings. The molecule has 7 nitrogen and oxygen atoms in total. The van der Waals surface area contributed by atoms with E-state index in [1.165, 1.54) is 42.5 Å². The summed E-state index contributed by atoms with van der Waals surface area (Å²) in [6, 6.07) is 15.0. The second-order valence-corrected chi connectivity index (χ2v) is 8.41. The number of phosphoric ester groups is 1. The second kappa shape index (κ2) is 10.5. The van der Waals surface area contributed by atoms with Gasteiger partial charge in [0.2, 0.25) is 5.91 Å². The number of hydrogen-bond donors (Lipinski definition) is 1. The molecule has 2 N–H and O–H groups in total. The van der Waals surface area contributed by atoms with E-state index in [-0.39, 0.29) is 52.4 Å². The molecular weight excluding hydrogens is 440 g/mol. The van der Waals surface area contributed by atoms with Crippen LogP contribution in [0.5, 0.6) is 11.5 Å². The van der Waals surface area contributed by atoms with Crippen molar-refractivity contribution in [2.75, 3.05) is 0 Å². The number of benzene rings is 3. The van der Waals surface area contributed by atoms with Crippen LogP contribution in [0.3, 0.4) is 0 Å². The Balaban J connectivity index is 0.00000363. The number of amides is 1. The fourth-order valence-corrected chi connectivity index (χ4v) is 4.12. The van der Waals surface area contributed by atoms with E-state index in [0.29, 0.717) is 11.1 Å². The third-order valence-electron chi connectivity index (χ3n) is 4.57. The number of phosphoric acid groups is 1. The molecule has 0 aliphatic heterocycles. The van der Waals surface area contributed by atoms with E-state index in [1.807, 2.05) is 32.9 Å². The Hall–Kier alpha value is -2.41. The van der Waals surface area contributed by atoms with Crippen molar-refractivity contribution in [3.05, 3.63) is 94.0 Å². The van der Waals surface area contributed by atoms with E-state index in [2.05, 4.69) is 0 Å². The zero-order chi connectivity index (χ0) is 22.8. The number of rotatable bonds is 7. The normalized spacial score (nSPS) is 12.2. The van der Waals surface area contributed by atoms with Crippen LogP contribution in [0.2, 0.25) is 0 Å². The van der Waals surface area contributed by atoms with Crippen molar-refractivity contribution >= 4 is 19.5 Å². The van der Waals surface area contributed by atoms with E-state index in [0.717, 1.165) is 16.7 Å². The number of ketones is 1. The average molecular weight is 461 g/mol. The fraction of sp³-hybridized carbons (Fsp3) is 0.130. The van der Waals surface area contributed by atoms with Crippen LogP contribution in [0.4, 0.5) is 0 Å². The van der Waals surface area contributed by atoms with Gasteiger partial charge in [0.25, 0.3) is 0 Å². The van der Waals surface area contributed by atoms with Gasteiger partial charge in [0.1, 0.15) is 11.5 Å². The van der Waals surface area contributed by atoms with Crippen LogP contribution < -0.4 is 49.2 Å². The maximum Gasteiger partial charge on any atom is 1.00 e. The number of carbonyl (C=O) groups is 2. The van der Waals surface area contributed by atoms with Crippen LogP contribution in [-0.2, 0) is 4.57 Å². The molecule has 0 aliphatic carbocycles. The Morgan fingerprint density at radius 3 is 1.97 bits per heavy atom. The minimum Gasteiger partial charge on any atom is -0.736 e. The van der Waals surface area contributed by atoms with Gasteiger partial charge in [-0.3, -0.25) is 9.59 Å². The molecule has 1 atom stereocenters. The second-order valence-electron chi connectivity index (χ2n) is 7.15. The van der Waals surface area contributed by atoms with Crippen molar-refractivity contribution in [3.63, 3.8) is 0 Å². The first-order valence-electron chi connectivity index (χ1n) is 9.38. The van der Waals surface area contributed by atoms with Crippen molar-refractivity contribution in [1.82, 2.24) is 0 Å². The molecule has 3 rings (SSSR count). The van der Waals surface area contributed by atoms with Crippen molar-refractivity contribution in [2.24, 2.45) is 5.73 Å². The molecule has 160 valence electrons. The third-order valence-corrected chi connectivity index (χ3v) is 5.44. The summed E-state index contributed by atoms with van der Waals surface area (Å²) in [5.41, 5.74) is 8.95. The van der Waals surface area contributed by atoms with Crippen molar-refractivity contribution < 1.29 is 57.7 Å². The zero-order valence-corrected chi connectivity index (χ0v) is 21.1. The Morgan fingerprint density at radius 2 is 1.41 bits per heavy atom. The molecule has 32 heavy (non-hydrogen) atoms. The quantitative estimate of drug-likeness (QED) is 0.317. The summed E-state index contributed by atoms with van der Waals surface area (Å²) in [7, 11) is -4.80. The maximum absolute atomic E-state index is 13.0. The summed E-state index contributed by atoms with van der Waals surface area (Å²) in [6.45, 7) is 5.67. The number of hydrogen-bond acceptors (Lipinski definition) is 6. The molecule has 1 amide bonds. The molecule has 3 aromatic rings. The van der Waals surface area contributed by atoms with Crippen LogP contribution in [-0.4, -0.2) is 11.7 Å². The minimum atomic E-state index is -4.80. The maximum atomic E-state index is 13.0. The molecule has 0 saturated carbocycles. The molecule has 3 aromatic carbocycles. The van der Waals surface area contributed by atoms with Gasteiger partial charge in [-0.05, 0) is 68.3 Å². The molecule has 0 radical (unpaired) electrons. The van der Waals surface area contributed by atoms with E-state index in [1.54, 1.807) is 6.07 Å². The number of nitrogens with two attached hydrogens (primary N) is 1. The predicted octanol–water partition coefficient (Wildman–Crippen LogP) is 0.872. The first-order chi connectivity index (χ1) is 14.6. The number of carbonyl (C=O) groups excluding carboxylic acids is 2. The molecule has 1 unspecified atom stereocenters. The average Bonchev–Trinajstić information content (AvgIpc) is 2.67. The smallest absolute Gasteiger partial charge is 0.736 e. The number of primary amides is 1. The largest absolute Gasteiger partial charge is 1.00 e. The van der Waals surface area contributed by atoms with E-state index < -0.39 is 13.7 Å². The van der Waals surface area contributed by atoms with Crippen molar-refractivity contribution in [3.8, 4) is 11.5 Å². The minimum absolute atomic E-state index is 0. The summed E-state index contributed by atoms with van der Waals surface area (Å²) >= 11 is 0. The fourth-order valence-electron chi connectivity index (χ4n) is 3.33. The van der Waals surface area contributed by atoms with Gasteiger partial charge in [-0.25, -0.2) is 4.57 Å². The van der Waals surface area contributed by atoms with Gasteiger partial charge in [0.15, 0.2) is 5.78 Å². The summed E-state index contributed by atoms with van der Waals surface area (Å²) in [5.74, 6) is -0.973. The number of aryl methyl sites for hydroxylation is 3. The SMILES string of the molecule is Cc1cc(C)c(C(=O)c2cccc(OP(=O)([O-])Oc3ccc(C(N)=O)cc3)c2)c(C)c1.[Na+]. The first kappa shape index (κ1) is 25.8. The topological polar surface area (TPSA) is 119 Å². The molecule has 0 heterocycles. The molecule has 0 spiro atoms. The first-order valence-corrected chi connectivity index (χ1v) is 10.8. The van der Waals surface area contributed by atoms with Crippen LogP contribution in [0.1, 0.15) is 43.0 Å². The molecule has 0 fully saturated rings. The van der Waals surface area contributed by atoms with Gasteiger partial charge in [-0.15, -0.1) is 0 Å². The Morgan fingerprint density at radius 1 is 0.844 bits per heavy atom. The van der Waals surface area contributed by atoms with Crippen molar-refractivity contribution in [2.45, 2.75) is 20.8 Å². The van der Waals surface area contributed by atoms with Gasteiger partial charge >= 0.3 is 37.4 Å². The Kier molecular flexibility index (Phi) is 8.46. The summed E-state index contributed by atoms with van der Waals surface area (Å²) in [5, 5.41) is 0. The standard InChI is InChI=1S/C23H22NO6P.Na/c1-14-11-15(2)21(16(3)12-14)22(25)18-5-4-6-20(13-18)30-31(27,28)29-19-9-7-17(8-10-19)23(24)26;/h4-13H,1-3H3,(H2,24,26)(H,27,28);/q;+1/p-1. The molecular formula is C23H21NNaO6P. The van der Waals surface area contributed by atoms with Gasteiger partial charge in [0.05, 0.1) is 0 Å². The zero-order valence-electron chi connectivity index (χ0n) is 18.2. The molecule has 0 bridgehead atoms. The summed E-state index contributed by atoms with van der Waals surface area (Å²) in [6.07, 6.45) is 0. The van der Waals surface area contributed by atoms with Crippen LogP contribution >= 0.6 is 7.82 Å². The van der Waals surface area contributed by atoms with E-state index in [9.17, 15) is 19.0 Å². The Bertz CT molecular complexity index is 1190. The molecule has 9 heteroatoms. The van der Waals surface area contributed by atoms with Crippen LogP contribution in [0, 0.1) is 20.8 Å². The Labute approximate surface area is 208 Å². The third kappa shape index (κ3) is 6.31. The van der Waals surface area contributed by atoms with E-state index >= 15 is 0 Å². The van der Waals surface area contributed by atoms with Gasteiger partial charge in [-0.2, -0.15) is 0 Å². The van der Waals surface area contributed by atoms with Crippen LogP contribution in [0.15, 0.2) is 60.7 Å². The predicted molar refractivity (Wildman–Crippen MR) is 114 cm³/mol. The van der Waals surface area contributed by atoms with Crippen molar-refractivity contribution in [1.29, 1.82) is 0 Å². The van der Waals surface area contributed by atoms with Gasteiger partial charge in [0, 0.05) is 16.7 Å². The monoisotopic (exact) mass is 461 g/mol. The molecule has 0 saturated heterocycles. The summed E-state index contributed by atoms with van der Waals surface area (Å²) < 4.78 is 22.2. The summed E-state index contributed by atoms with van der Waals surface area (Å²) in [4.78, 5) is 36.4. The molecule has 0 aromatic heterocycles. The van der Waals surface area contributed by atoms with Gasteiger partial charge in [-0.1, -0.05) is 29.8 Å². The van der Waals surface area contributed by atoms with Crippen LogP contribution in [0.25, 0.3) is 0 Å². The van der Waals surface area contributed by atoms with Gasteiger partial charge < -0.3 is 19.7 Å².